The first kappa shape index (κ1) is 13.3. The lowest BCUT2D eigenvalue weighted by atomic mass is 10.1. The molecule has 2 aromatic carbocycles. The molecule has 1 heterocycles. The molecule has 0 saturated carbocycles. The van der Waals surface area contributed by atoms with Gasteiger partial charge in [-0.15, -0.1) is 0 Å². The summed E-state index contributed by atoms with van der Waals surface area (Å²) in [5.41, 5.74) is 2.19. The van der Waals surface area contributed by atoms with E-state index >= 15 is 0 Å². The second-order valence-corrected chi connectivity index (χ2v) is 4.87. The topological polar surface area (TPSA) is 61.0 Å². The number of halogens is 1. The van der Waals surface area contributed by atoms with Crippen molar-refractivity contribution in [1.29, 1.82) is 0 Å². The fourth-order valence-electron chi connectivity index (χ4n) is 2.08. The maximum Gasteiger partial charge on any atom is 0.294 e. The van der Waals surface area contributed by atoms with Gasteiger partial charge in [-0.1, -0.05) is 35.9 Å². The van der Waals surface area contributed by atoms with Crippen LogP contribution >= 0.6 is 11.6 Å². The Kier molecular flexibility index (Phi) is 3.41. The molecule has 5 nitrogen and oxygen atoms in total. The van der Waals surface area contributed by atoms with Crippen LogP contribution in [-0.4, -0.2) is 14.7 Å². The minimum Gasteiger partial charge on any atom is -0.258 e. The van der Waals surface area contributed by atoms with Gasteiger partial charge in [0.05, 0.1) is 11.1 Å². The zero-order valence-electron chi connectivity index (χ0n) is 10.8. The largest absolute Gasteiger partial charge is 0.294 e. The van der Waals surface area contributed by atoms with Crippen molar-refractivity contribution in [2.75, 3.05) is 0 Å². The van der Waals surface area contributed by atoms with Crippen molar-refractivity contribution < 1.29 is 4.92 Å². The van der Waals surface area contributed by atoms with E-state index in [1.165, 1.54) is 10.7 Å². The Balaban J connectivity index is 2.05. The molecule has 3 rings (SSSR count). The molecule has 0 amide bonds. The van der Waals surface area contributed by atoms with E-state index in [9.17, 15) is 10.1 Å². The normalized spacial score (nSPS) is 10.5. The van der Waals surface area contributed by atoms with Crippen LogP contribution in [0.25, 0.3) is 16.8 Å². The second kappa shape index (κ2) is 5.38. The molecule has 0 atom stereocenters. The molecule has 0 unspecified atom stereocenters. The number of nitro groups is 1. The number of hydrogen-bond acceptors (Lipinski definition) is 3. The van der Waals surface area contributed by atoms with Crippen molar-refractivity contribution >= 4 is 17.3 Å². The third-order valence-corrected chi connectivity index (χ3v) is 3.30. The quantitative estimate of drug-likeness (QED) is 0.540. The summed E-state index contributed by atoms with van der Waals surface area (Å²) in [6.45, 7) is 0. The minimum atomic E-state index is -0.421. The van der Waals surface area contributed by atoms with Gasteiger partial charge >= 0.3 is 0 Å². The summed E-state index contributed by atoms with van der Waals surface area (Å²) in [5.74, 6) is 0. The number of aromatic nitrogens is 2. The predicted octanol–water partition coefficient (Wildman–Crippen LogP) is 4.10. The number of benzene rings is 2. The fraction of sp³-hybridized carbons (Fsp3) is 0. The Bertz CT molecular complexity index is 814. The molecule has 21 heavy (non-hydrogen) atoms. The maximum absolute atomic E-state index is 11.1. The van der Waals surface area contributed by atoms with Crippen LogP contribution in [0.3, 0.4) is 0 Å². The standard InChI is InChI=1S/C15H10ClN3O2/c16-13-5-3-4-11(8-13)12-9-17-18(10-12)14-6-1-2-7-15(14)19(20)21/h1-10H. The highest BCUT2D eigenvalue weighted by Crippen LogP contribution is 2.26. The predicted molar refractivity (Wildman–Crippen MR) is 80.7 cm³/mol. The average Bonchev–Trinajstić information content (AvgIpc) is 2.97. The number of rotatable bonds is 3. The number of para-hydroxylation sites is 2. The minimum absolute atomic E-state index is 0.0123. The lowest BCUT2D eigenvalue weighted by Crippen LogP contribution is -1.99. The van der Waals surface area contributed by atoms with E-state index < -0.39 is 4.92 Å². The van der Waals surface area contributed by atoms with Gasteiger partial charge < -0.3 is 0 Å². The highest BCUT2D eigenvalue weighted by molar-refractivity contribution is 6.30. The van der Waals surface area contributed by atoms with Crippen LogP contribution in [0.1, 0.15) is 0 Å². The molecular weight excluding hydrogens is 290 g/mol. The highest BCUT2D eigenvalue weighted by atomic mass is 35.5. The molecule has 1 aromatic heterocycles. The molecule has 0 radical (unpaired) electrons. The van der Waals surface area contributed by atoms with Crippen LogP contribution in [0.2, 0.25) is 5.02 Å². The first-order valence-corrected chi connectivity index (χ1v) is 6.57. The molecule has 0 aliphatic rings. The third-order valence-electron chi connectivity index (χ3n) is 3.07. The highest BCUT2D eigenvalue weighted by Gasteiger charge is 2.15. The van der Waals surface area contributed by atoms with Gasteiger partial charge in [-0.05, 0) is 23.8 Å². The fourth-order valence-corrected chi connectivity index (χ4v) is 2.27. The third kappa shape index (κ3) is 2.64. The Hall–Kier alpha value is -2.66. The number of nitro benzene ring substituents is 1. The van der Waals surface area contributed by atoms with Crippen molar-refractivity contribution in [1.82, 2.24) is 9.78 Å². The van der Waals surface area contributed by atoms with Gasteiger partial charge in [0.25, 0.3) is 5.69 Å². The Morgan fingerprint density at radius 1 is 1.10 bits per heavy atom. The van der Waals surface area contributed by atoms with Crippen LogP contribution in [0.4, 0.5) is 5.69 Å². The van der Waals surface area contributed by atoms with Crippen LogP contribution in [0.5, 0.6) is 0 Å². The summed E-state index contributed by atoms with van der Waals surface area (Å²) < 4.78 is 1.49. The molecule has 6 heteroatoms. The van der Waals surface area contributed by atoms with Crippen molar-refractivity contribution in [2.45, 2.75) is 0 Å². The van der Waals surface area contributed by atoms with Gasteiger partial charge in [0.1, 0.15) is 5.69 Å². The molecule has 104 valence electrons. The summed E-state index contributed by atoms with van der Waals surface area (Å²) in [6, 6.07) is 13.8. The van der Waals surface area contributed by atoms with E-state index in [4.69, 9.17) is 11.6 Å². The van der Waals surface area contributed by atoms with Crippen molar-refractivity contribution in [3.63, 3.8) is 0 Å². The molecule has 0 aliphatic carbocycles. The molecule has 0 fully saturated rings. The van der Waals surface area contributed by atoms with Gasteiger partial charge in [0, 0.05) is 22.8 Å². The first-order valence-electron chi connectivity index (χ1n) is 6.19. The zero-order valence-corrected chi connectivity index (χ0v) is 11.6. The van der Waals surface area contributed by atoms with Gasteiger partial charge in [0.15, 0.2) is 0 Å². The van der Waals surface area contributed by atoms with Crippen LogP contribution in [0, 0.1) is 10.1 Å². The summed E-state index contributed by atoms with van der Waals surface area (Å²) in [4.78, 5) is 10.6. The second-order valence-electron chi connectivity index (χ2n) is 4.43. The van der Waals surface area contributed by atoms with E-state index in [1.807, 2.05) is 18.2 Å². The lowest BCUT2D eigenvalue weighted by Gasteiger charge is -2.02. The van der Waals surface area contributed by atoms with E-state index in [2.05, 4.69) is 5.10 Å². The summed E-state index contributed by atoms with van der Waals surface area (Å²) >= 11 is 5.97. The van der Waals surface area contributed by atoms with Gasteiger partial charge in [-0.3, -0.25) is 10.1 Å². The van der Waals surface area contributed by atoms with E-state index in [0.29, 0.717) is 10.7 Å². The molecule has 0 spiro atoms. The Morgan fingerprint density at radius 2 is 1.90 bits per heavy atom. The smallest absolute Gasteiger partial charge is 0.258 e. The van der Waals surface area contributed by atoms with E-state index in [1.54, 1.807) is 36.7 Å². The average molecular weight is 300 g/mol. The Morgan fingerprint density at radius 3 is 2.67 bits per heavy atom. The van der Waals surface area contributed by atoms with Crippen LogP contribution in [0.15, 0.2) is 60.9 Å². The molecule has 0 N–H and O–H groups in total. The van der Waals surface area contributed by atoms with Crippen LogP contribution < -0.4 is 0 Å². The van der Waals surface area contributed by atoms with Crippen molar-refractivity contribution in [3.05, 3.63) is 76.1 Å². The number of hydrogen-bond donors (Lipinski definition) is 0. The summed E-state index contributed by atoms with van der Waals surface area (Å²) in [5, 5.41) is 15.9. The Labute approximate surface area is 125 Å². The molecule has 0 aliphatic heterocycles. The monoisotopic (exact) mass is 299 g/mol. The van der Waals surface area contributed by atoms with Crippen molar-refractivity contribution in [3.8, 4) is 16.8 Å². The van der Waals surface area contributed by atoms with E-state index in [-0.39, 0.29) is 5.69 Å². The molecule has 0 saturated heterocycles. The van der Waals surface area contributed by atoms with Gasteiger partial charge in [0.2, 0.25) is 0 Å². The van der Waals surface area contributed by atoms with Crippen LogP contribution in [-0.2, 0) is 0 Å². The molecule has 0 bridgehead atoms. The molecule has 3 aromatic rings. The molecular formula is C15H10ClN3O2. The van der Waals surface area contributed by atoms with Gasteiger partial charge in [-0.25, -0.2) is 4.68 Å². The van der Waals surface area contributed by atoms with Gasteiger partial charge in [-0.2, -0.15) is 5.10 Å². The summed E-state index contributed by atoms with van der Waals surface area (Å²) in [6.07, 6.45) is 3.40. The SMILES string of the molecule is O=[N+]([O-])c1ccccc1-n1cc(-c2cccc(Cl)c2)cn1. The zero-order chi connectivity index (χ0) is 14.8. The number of nitrogens with zero attached hydrogens (tertiary/aromatic N) is 3. The summed E-state index contributed by atoms with van der Waals surface area (Å²) in [7, 11) is 0. The lowest BCUT2D eigenvalue weighted by molar-refractivity contribution is -0.384. The van der Waals surface area contributed by atoms with E-state index in [0.717, 1.165) is 11.1 Å². The van der Waals surface area contributed by atoms with Crippen molar-refractivity contribution in [2.24, 2.45) is 0 Å². The maximum atomic E-state index is 11.1. The first-order chi connectivity index (χ1) is 10.1.